The van der Waals surface area contributed by atoms with Gasteiger partial charge in [-0.05, 0) is 19.1 Å². The molecule has 0 spiro atoms. The van der Waals surface area contributed by atoms with Crippen LogP contribution in [0.2, 0.25) is 0 Å². The van der Waals surface area contributed by atoms with Gasteiger partial charge in [0.1, 0.15) is 5.82 Å². The summed E-state index contributed by atoms with van der Waals surface area (Å²) < 4.78 is 13.1. The molecule has 0 unspecified atom stereocenters. The van der Waals surface area contributed by atoms with Crippen LogP contribution in [0.15, 0.2) is 53.7 Å². The van der Waals surface area contributed by atoms with E-state index in [1.165, 1.54) is 35.5 Å². The van der Waals surface area contributed by atoms with Gasteiger partial charge in [-0.3, -0.25) is 9.89 Å². The Morgan fingerprint density at radius 1 is 1.22 bits per heavy atom. The van der Waals surface area contributed by atoms with Crippen molar-refractivity contribution in [3.05, 3.63) is 65.5 Å². The van der Waals surface area contributed by atoms with Gasteiger partial charge in [0, 0.05) is 11.1 Å². The molecule has 0 saturated carbocycles. The third-order valence-electron chi connectivity index (χ3n) is 3.27. The van der Waals surface area contributed by atoms with Crippen molar-refractivity contribution >= 4 is 17.5 Å². The van der Waals surface area contributed by atoms with Gasteiger partial charge in [0.25, 0.3) is 0 Å². The Bertz CT molecular complexity index is 830. The number of benzene rings is 2. The number of hydrogen-bond acceptors (Lipinski definition) is 4. The molecule has 0 amide bonds. The molecule has 1 aromatic heterocycles. The number of aryl methyl sites for hydroxylation is 1. The van der Waals surface area contributed by atoms with E-state index < -0.39 is 5.82 Å². The van der Waals surface area contributed by atoms with Crippen molar-refractivity contribution in [3.8, 4) is 11.4 Å². The quantitative estimate of drug-likeness (QED) is 0.570. The Morgan fingerprint density at radius 2 is 2.00 bits per heavy atom. The lowest BCUT2D eigenvalue weighted by Crippen LogP contribution is -2.02. The molecule has 2 aromatic carbocycles. The summed E-state index contributed by atoms with van der Waals surface area (Å²) in [6, 6.07) is 13.6. The first-order chi connectivity index (χ1) is 11.1. The molecule has 0 aliphatic heterocycles. The first-order valence-corrected chi connectivity index (χ1v) is 8.01. The van der Waals surface area contributed by atoms with Crippen molar-refractivity contribution in [2.24, 2.45) is 0 Å². The van der Waals surface area contributed by atoms with Gasteiger partial charge in [0.2, 0.25) is 5.16 Å². The third kappa shape index (κ3) is 3.84. The van der Waals surface area contributed by atoms with Gasteiger partial charge >= 0.3 is 0 Å². The predicted molar refractivity (Wildman–Crippen MR) is 88.0 cm³/mol. The fourth-order valence-corrected chi connectivity index (χ4v) is 2.72. The number of nitrogens with one attached hydrogen (secondary N) is 1. The summed E-state index contributed by atoms with van der Waals surface area (Å²) in [5.74, 6) is 0.247. The molecule has 1 heterocycles. The minimum absolute atomic E-state index is 0.156. The summed E-state index contributed by atoms with van der Waals surface area (Å²) in [4.78, 5) is 16.4. The summed E-state index contributed by atoms with van der Waals surface area (Å²) in [5.41, 5.74) is 2.46. The van der Waals surface area contributed by atoms with Crippen LogP contribution in [0.3, 0.4) is 0 Å². The molecular formula is C17H14FN3OS. The standard InChI is InChI=1S/C17H14FN3OS/c1-11-5-7-12(8-6-11)16-19-17(21-20-16)23-10-15(22)13-3-2-4-14(18)9-13/h2-9H,10H2,1H3,(H,19,20,21). The van der Waals surface area contributed by atoms with E-state index in [1.807, 2.05) is 31.2 Å². The number of hydrogen-bond donors (Lipinski definition) is 1. The van der Waals surface area contributed by atoms with Crippen LogP contribution in [-0.2, 0) is 0 Å². The summed E-state index contributed by atoms with van der Waals surface area (Å²) in [6.45, 7) is 2.02. The number of carbonyl (C=O) groups excluding carboxylic acids is 1. The van der Waals surface area contributed by atoms with Gasteiger partial charge in [-0.1, -0.05) is 53.7 Å². The molecule has 23 heavy (non-hydrogen) atoms. The average molecular weight is 327 g/mol. The monoisotopic (exact) mass is 327 g/mol. The Hall–Kier alpha value is -2.47. The van der Waals surface area contributed by atoms with E-state index >= 15 is 0 Å². The number of ketones is 1. The summed E-state index contributed by atoms with van der Waals surface area (Å²) in [5, 5.41) is 7.45. The summed E-state index contributed by atoms with van der Waals surface area (Å²) in [7, 11) is 0. The minimum Gasteiger partial charge on any atom is -0.293 e. The average Bonchev–Trinajstić information content (AvgIpc) is 3.02. The number of carbonyl (C=O) groups is 1. The zero-order valence-electron chi connectivity index (χ0n) is 12.4. The van der Waals surface area contributed by atoms with Crippen LogP contribution in [0, 0.1) is 12.7 Å². The summed E-state index contributed by atoms with van der Waals surface area (Å²) in [6.07, 6.45) is 0. The largest absolute Gasteiger partial charge is 0.293 e. The number of rotatable bonds is 5. The first kappa shape index (κ1) is 15.4. The molecule has 0 aliphatic rings. The van der Waals surface area contributed by atoms with Crippen LogP contribution in [0.4, 0.5) is 4.39 Å². The molecule has 116 valence electrons. The van der Waals surface area contributed by atoms with Crippen molar-refractivity contribution in [3.63, 3.8) is 0 Å². The SMILES string of the molecule is Cc1ccc(-c2nc(SCC(=O)c3cccc(F)c3)n[nH]2)cc1. The van der Waals surface area contributed by atoms with Crippen molar-refractivity contribution in [2.45, 2.75) is 12.1 Å². The van der Waals surface area contributed by atoms with Gasteiger partial charge in [-0.2, -0.15) is 0 Å². The van der Waals surface area contributed by atoms with Crippen LogP contribution >= 0.6 is 11.8 Å². The maximum absolute atomic E-state index is 13.1. The minimum atomic E-state index is -0.416. The highest BCUT2D eigenvalue weighted by atomic mass is 32.2. The van der Waals surface area contributed by atoms with E-state index in [4.69, 9.17) is 0 Å². The van der Waals surface area contributed by atoms with E-state index in [0.717, 1.165) is 5.56 Å². The topological polar surface area (TPSA) is 58.6 Å². The van der Waals surface area contributed by atoms with Gasteiger partial charge in [0.05, 0.1) is 5.75 Å². The smallest absolute Gasteiger partial charge is 0.209 e. The number of Topliss-reactive ketones (excluding diaryl/α,β-unsaturated/α-hetero) is 1. The Kier molecular flexibility index (Phi) is 4.52. The second kappa shape index (κ2) is 6.75. The Morgan fingerprint density at radius 3 is 2.74 bits per heavy atom. The maximum atomic E-state index is 13.1. The molecule has 6 heteroatoms. The van der Waals surface area contributed by atoms with Crippen LogP contribution in [-0.4, -0.2) is 26.7 Å². The molecule has 0 saturated heterocycles. The maximum Gasteiger partial charge on any atom is 0.209 e. The molecule has 4 nitrogen and oxygen atoms in total. The van der Waals surface area contributed by atoms with Crippen LogP contribution in [0.5, 0.6) is 0 Å². The van der Waals surface area contributed by atoms with E-state index in [0.29, 0.717) is 16.5 Å². The fraction of sp³-hybridized carbons (Fsp3) is 0.118. The highest BCUT2D eigenvalue weighted by Crippen LogP contribution is 2.20. The molecule has 0 fully saturated rings. The van der Waals surface area contributed by atoms with Crippen molar-refractivity contribution < 1.29 is 9.18 Å². The molecule has 1 N–H and O–H groups in total. The second-order valence-electron chi connectivity index (χ2n) is 5.05. The Labute approximate surface area is 137 Å². The molecule has 0 bridgehead atoms. The molecule has 3 aromatic rings. The van der Waals surface area contributed by atoms with Crippen LogP contribution in [0.25, 0.3) is 11.4 Å². The number of halogens is 1. The lowest BCUT2D eigenvalue weighted by molar-refractivity contribution is 0.102. The second-order valence-corrected chi connectivity index (χ2v) is 6.00. The molecule has 0 radical (unpaired) electrons. The van der Waals surface area contributed by atoms with Gasteiger partial charge < -0.3 is 0 Å². The molecule has 0 aliphatic carbocycles. The lowest BCUT2D eigenvalue weighted by atomic mass is 10.1. The molecule has 3 rings (SSSR count). The number of H-pyrrole nitrogens is 1. The number of thioether (sulfide) groups is 1. The molecule has 0 atom stereocenters. The van der Waals surface area contributed by atoms with Crippen LogP contribution in [0.1, 0.15) is 15.9 Å². The fourth-order valence-electron chi connectivity index (χ4n) is 2.03. The van der Waals surface area contributed by atoms with E-state index in [2.05, 4.69) is 15.2 Å². The number of aromatic nitrogens is 3. The van der Waals surface area contributed by atoms with Crippen molar-refractivity contribution in [1.82, 2.24) is 15.2 Å². The Balaban J connectivity index is 1.65. The number of nitrogens with zero attached hydrogens (tertiary/aromatic N) is 2. The van der Waals surface area contributed by atoms with E-state index in [-0.39, 0.29) is 11.5 Å². The summed E-state index contributed by atoms with van der Waals surface area (Å²) >= 11 is 1.22. The van der Waals surface area contributed by atoms with Gasteiger partial charge in [0.15, 0.2) is 11.6 Å². The number of aromatic amines is 1. The highest BCUT2D eigenvalue weighted by Gasteiger charge is 2.11. The van der Waals surface area contributed by atoms with Gasteiger partial charge in [-0.15, -0.1) is 5.10 Å². The van der Waals surface area contributed by atoms with E-state index in [1.54, 1.807) is 6.07 Å². The predicted octanol–water partition coefficient (Wildman–Crippen LogP) is 3.89. The van der Waals surface area contributed by atoms with Gasteiger partial charge in [-0.25, -0.2) is 9.37 Å². The first-order valence-electron chi connectivity index (χ1n) is 7.03. The molecular weight excluding hydrogens is 313 g/mol. The highest BCUT2D eigenvalue weighted by molar-refractivity contribution is 7.99. The zero-order chi connectivity index (χ0) is 16.2. The van der Waals surface area contributed by atoms with Crippen molar-refractivity contribution in [2.75, 3.05) is 5.75 Å². The third-order valence-corrected chi connectivity index (χ3v) is 4.12. The van der Waals surface area contributed by atoms with Crippen molar-refractivity contribution in [1.29, 1.82) is 0 Å². The lowest BCUT2D eigenvalue weighted by Gasteiger charge is -1.99. The zero-order valence-corrected chi connectivity index (χ0v) is 13.2. The van der Waals surface area contributed by atoms with E-state index in [9.17, 15) is 9.18 Å². The normalized spacial score (nSPS) is 10.7. The van der Waals surface area contributed by atoms with Crippen LogP contribution < -0.4 is 0 Å².